The van der Waals surface area contributed by atoms with E-state index in [2.05, 4.69) is 31.9 Å². The zero-order valence-corrected chi connectivity index (χ0v) is 41.3. The minimum Gasteiger partial charge on any atom is -0.481 e. The Morgan fingerprint density at radius 3 is 1.40 bits per heavy atom. The summed E-state index contributed by atoms with van der Waals surface area (Å²) in [7, 11) is 0. The van der Waals surface area contributed by atoms with Gasteiger partial charge in [0.05, 0.1) is 24.9 Å². The van der Waals surface area contributed by atoms with Crippen molar-refractivity contribution < 1.29 is 67.6 Å². The van der Waals surface area contributed by atoms with E-state index in [1.54, 1.807) is 20.8 Å². The molecule has 6 atom stereocenters. The maximum absolute atomic E-state index is 13.4. The number of ether oxygens (including phenoxy) is 2. The van der Waals surface area contributed by atoms with E-state index in [1.165, 1.54) is 29.1 Å². The number of guanidine groups is 2. The Morgan fingerprint density at radius 1 is 0.667 bits per heavy atom. The number of aliphatic carboxylic acids is 2. The lowest BCUT2D eigenvalue weighted by molar-refractivity contribution is -0.145. The Hall–Kier alpha value is -6.76. The van der Waals surface area contributed by atoms with Gasteiger partial charge < -0.3 is 82.4 Å². The van der Waals surface area contributed by atoms with Gasteiger partial charge in [-0.25, -0.2) is 9.59 Å². The van der Waals surface area contributed by atoms with Gasteiger partial charge in [0, 0.05) is 26.2 Å². The third-order valence-corrected chi connectivity index (χ3v) is 13.3. The van der Waals surface area contributed by atoms with Gasteiger partial charge in [-0.15, -0.1) is 0 Å². The Kier molecular flexibility index (Phi) is 21.4. The number of rotatable bonds is 23. The summed E-state index contributed by atoms with van der Waals surface area (Å²) in [6.45, 7) is 6.04. The third kappa shape index (κ3) is 18.1. The van der Waals surface area contributed by atoms with E-state index in [9.17, 15) is 58.2 Å². The number of nitrogens with one attached hydrogen (secondary N) is 8. The zero-order chi connectivity index (χ0) is 53.3. The first-order chi connectivity index (χ1) is 33.9. The van der Waals surface area contributed by atoms with E-state index >= 15 is 0 Å². The summed E-state index contributed by atoms with van der Waals surface area (Å²) in [6, 6.07) is -6.15. The molecule has 6 rings (SSSR count). The second kappa shape index (κ2) is 26.6. The molecule has 2 saturated heterocycles. The van der Waals surface area contributed by atoms with Gasteiger partial charge in [0.1, 0.15) is 47.9 Å². The van der Waals surface area contributed by atoms with Crippen LogP contribution in [-0.4, -0.2) is 166 Å². The predicted molar refractivity (Wildman–Crippen MR) is 256 cm³/mol. The Labute approximate surface area is 417 Å². The number of amides is 6. The normalized spacial score (nSPS) is 24.3. The van der Waals surface area contributed by atoms with Crippen molar-refractivity contribution in [3.8, 4) is 0 Å². The molecule has 0 aromatic carbocycles. The molecule has 0 spiro atoms. The maximum atomic E-state index is 13.4. The Balaban J connectivity index is 0.000000318. The van der Waals surface area contributed by atoms with E-state index in [-0.39, 0.29) is 25.0 Å². The summed E-state index contributed by atoms with van der Waals surface area (Å²) in [4.78, 5) is 125. The molecule has 4 saturated carbocycles. The highest BCUT2D eigenvalue weighted by Gasteiger charge is 2.53. The highest BCUT2D eigenvalue weighted by molar-refractivity contribution is 5.95. The number of aldehydes is 2. The minimum absolute atomic E-state index is 0.187. The van der Waals surface area contributed by atoms with Crippen LogP contribution >= 0.6 is 0 Å². The highest BCUT2D eigenvalue weighted by atomic mass is 16.6. The van der Waals surface area contributed by atoms with Crippen molar-refractivity contribution in [2.75, 3.05) is 26.2 Å². The molecular weight excluding hydrogens is 945 g/mol. The van der Waals surface area contributed by atoms with Crippen LogP contribution in [0.2, 0.25) is 0 Å². The number of nitrogens with zero attached hydrogens (tertiary/aromatic N) is 2. The number of carbonyl (C=O) groups excluding carboxylic acids is 8. The Bertz CT molecular complexity index is 1980. The van der Waals surface area contributed by atoms with Crippen LogP contribution < -0.4 is 43.4 Å². The molecule has 402 valence electrons. The number of carbonyl (C=O) groups is 10. The second-order valence-electron chi connectivity index (χ2n) is 20.4. The van der Waals surface area contributed by atoms with Gasteiger partial charge in [-0.05, 0) is 128 Å². The summed E-state index contributed by atoms with van der Waals surface area (Å²) in [5.41, 5.74) is 9.03. The van der Waals surface area contributed by atoms with Crippen LogP contribution in [-0.2, 0) is 47.8 Å². The molecule has 26 heteroatoms. The van der Waals surface area contributed by atoms with Crippen molar-refractivity contribution >= 4 is 72.2 Å². The standard InChI is InChI=1S/C26H40N6O7.C20H34N6O7/c27-24(28)29-5-1-3-18(14-33)30-22(36)20-4-2-6-32(20)23(37)19(10-21(34)35)31-25(38)39-26-11-15-7-16(12-26)9-17(8-15)13-26;1-20(2,3)33-19(32)25-13(10-15(28)29)17(31)26-9-5-7-14(26)16(30)24-12(11-27)6-4-8-23-18(21)22/h14-20H,1-13H2,(H,30,36)(H,31,38)(H,34,35)(H4,27,28,29);11-14H,4-10H2,1-3H3,(H,24,30)(H,25,32)(H,28,29)(H4,21,22,23)/t15?,16?,17?,18-,19-,20-,26?;12-,13+,14-/m00/s1. The van der Waals surface area contributed by atoms with Gasteiger partial charge in [0.15, 0.2) is 11.9 Å². The number of alkyl carbamates (subject to hydrolysis) is 2. The van der Waals surface area contributed by atoms with Gasteiger partial charge in [0.2, 0.25) is 23.6 Å². The van der Waals surface area contributed by atoms with Gasteiger partial charge in [-0.1, -0.05) is 0 Å². The summed E-state index contributed by atoms with van der Waals surface area (Å²) in [5, 5.41) is 48.1. The minimum atomic E-state index is -1.41. The number of nitrogens with two attached hydrogens (primary N) is 2. The van der Waals surface area contributed by atoms with E-state index in [4.69, 9.17) is 31.8 Å². The molecule has 26 nitrogen and oxygen atoms in total. The quantitative estimate of drug-likeness (QED) is 0.0272. The summed E-state index contributed by atoms with van der Waals surface area (Å²) >= 11 is 0. The first kappa shape index (κ1) is 57.8. The van der Waals surface area contributed by atoms with Crippen LogP contribution in [0, 0.1) is 28.6 Å². The first-order valence-corrected chi connectivity index (χ1v) is 24.6. The monoisotopic (exact) mass is 1020 g/mol. The molecule has 4 aliphatic carbocycles. The zero-order valence-electron chi connectivity index (χ0n) is 41.3. The summed E-state index contributed by atoms with van der Waals surface area (Å²) < 4.78 is 11.0. The fraction of sp³-hybridized carbons (Fsp3) is 0.739. The summed E-state index contributed by atoms with van der Waals surface area (Å²) in [5.74, 6) is -3.73. The second-order valence-corrected chi connectivity index (χ2v) is 20.4. The van der Waals surface area contributed by atoms with E-state index in [0.29, 0.717) is 94.8 Å². The number of carboxylic acids is 2. The average molecular weight is 1020 g/mol. The van der Waals surface area contributed by atoms with Crippen molar-refractivity contribution in [1.29, 1.82) is 10.8 Å². The van der Waals surface area contributed by atoms with Crippen LogP contribution in [0.15, 0.2) is 0 Å². The van der Waals surface area contributed by atoms with Crippen LogP contribution in [0.4, 0.5) is 9.59 Å². The molecule has 0 radical (unpaired) electrons. The largest absolute Gasteiger partial charge is 0.481 e. The van der Waals surface area contributed by atoms with Gasteiger partial charge in [-0.3, -0.25) is 39.6 Å². The van der Waals surface area contributed by atoms with Crippen LogP contribution in [0.5, 0.6) is 0 Å². The Morgan fingerprint density at radius 2 is 1.06 bits per heavy atom. The van der Waals surface area contributed by atoms with Crippen LogP contribution in [0.1, 0.15) is 124 Å². The molecule has 0 aromatic heterocycles. The fourth-order valence-corrected chi connectivity index (χ4v) is 10.7. The van der Waals surface area contributed by atoms with Crippen molar-refractivity contribution in [3.05, 3.63) is 0 Å². The van der Waals surface area contributed by atoms with Crippen molar-refractivity contribution in [2.45, 2.75) is 171 Å². The first-order valence-electron chi connectivity index (χ1n) is 24.6. The van der Waals surface area contributed by atoms with Gasteiger partial charge in [-0.2, -0.15) is 0 Å². The van der Waals surface area contributed by atoms with E-state index in [0.717, 1.165) is 19.3 Å². The van der Waals surface area contributed by atoms with E-state index in [1.807, 2.05) is 0 Å². The van der Waals surface area contributed by atoms with Crippen molar-refractivity contribution in [3.63, 3.8) is 0 Å². The molecule has 0 aromatic rings. The number of hydrogen-bond acceptors (Lipinski definition) is 14. The summed E-state index contributed by atoms with van der Waals surface area (Å²) in [6.07, 6.45) is 7.36. The lowest BCUT2D eigenvalue weighted by Crippen LogP contribution is -2.57. The number of hydrogen-bond donors (Lipinski definition) is 12. The molecular formula is C46H74N12O14. The molecule has 6 aliphatic rings. The van der Waals surface area contributed by atoms with E-state index < -0.39 is 108 Å². The molecule has 4 bridgehead atoms. The highest BCUT2D eigenvalue weighted by Crippen LogP contribution is 2.57. The average Bonchev–Trinajstić information content (AvgIpc) is 3.97. The maximum Gasteiger partial charge on any atom is 0.408 e. The van der Waals surface area contributed by atoms with Crippen LogP contribution in [0.25, 0.3) is 0 Å². The number of carboxylic acid groups (broad SMARTS) is 2. The number of likely N-dealkylation sites (tertiary alicyclic amines) is 2. The molecule has 6 amide bonds. The predicted octanol–water partition coefficient (Wildman–Crippen LogP) is -0.245. The smallest absolute Gasteiger partial charge is 0.408 e. The molecule has 6 fully saturated rings. The van der Waals surface area contributed by atoms with Crippen molar-refractivity contribution in [2.24, 2.45) is 29.2 Å². The van der Waals surface area contributed by atoms with Gasteiger partial charge in [0.25, 0.3) is 0 Å². The van der Waals surface area contributed by atoms with Crippen LogP contribution in [0.3, 0.4) is 0 Å². The SMILES string of the molecule is CC(C)(C)OC(=O)N[C@H](CC(=O)O)C(=O)N1CCC[C@H]1C(=O)N[C@H](C=O)CCCNC(=N)N.N=C(N)NCCC[C@@H](C=O)NC(=O)[C@@H]1CCCN1C(=O)[C@H](CC(=O)O)NC(=O)OC12CC3CC(CC(C3)C1)C2. The molecule has 72 heavy (non-hydrogen) atoms. The molecule has 14 N–H and O–H groups in total. The van der Waals surface area contributed by atoms with Crippen molar-refractivity contribution in [1.82, 2.24) is 41.7 Å². The fourth-order valence-electron chi connectivity index (χ4n) is 10.7. The topological polar surface area (TPSA) is 408 Å². The lowest BCUT2D eigenvalue weighted by Gasteiger charge is -2.55. The lowest BCUT2D eigenvalue weighted by atomic mass is 9.54. The molecule has 2 heterocycles. The van der Waals surface area contributed by atoms with Gasteiger partial charge >= 0.3 is 24.1 Å². The third-order valence-electron chi connectivity index (χ3n) is 13.3. The molecule has 2 aliphatic heterocycles. The molecule has 0 unspecified atom stereocenters.